The molecule has 8 nitrogen and oxygen atoms in total. The van der Waals surface area contributed by atoms with E-state index in [9.17, 15) is 0 Å². The molecular formula is C28H31Cl2IN8. The number of rotatable bonds is 3. The first-order valence-electron chi connectivity index (χ1n) is 12.7. The highest BCUT2D eigenvalue weighted by molar-refractivity contribution is 14.1. The van der Waals surface area contributed by atoms with Crippen LogP contribution in [0.3, 0.4) is 0 Å². The smallest absolute Gasteiger partial charge is 0.152 e. The molecular weight excluding hydrogens is 646 g/mol. The van der Waals surface area contributed by atoms with Gasteiger partial charge in [-0.05, 0) is 71.1 Å². The fraction of sp³-hybridized carbons (Fsp3) is 0.286. The molecule has 0 bridgehead atoms. The summed E-state index contributed by atoms with van der Waals surface area (Å²) in [7, 11) is 0. The van der Waals surface area contributed by atoms with Crippen molar-refractivity contribution in [3.05, 3.63) is 99.6 Å². The van der Waals surface area contributed by atoms with Crippen LogP contribution in [0.1, 0.15) is 0 Å². The number of halogens is 3. The Labute approximate surface area is 253 Å². The summed E-state index contributed by atoms with van der Waals surface area (Å²) in [5, 5.41) is 4.49. The van der Waals surface area contributed by atoms with Crippen molar-refractivity contribution in [3.63, 3.8) is 0 Å². The van der Waals surface area contributed by atoms with E-state index < -0.39 is 0 Å². The van der Waals surface area contributed by atoms with Gasteiger partial charge in [-0.2, -0.15) is 0 Å². The zero-order valence-corrected chi connectivity index (χ0v) is 25.2. The van der Waals surface area contributed by atoms with Crippen molar-refractivity contribution in [2.75, 3.05) is 67.1 Å². The predicted molar refractivity (Wildman–Crippen MR) is 169 cm³/mol. The Morgan fingerprint density at radius 2 is 1.08 bits per heavy atom. The predicted octanol–water partition coefficient (Wildman–Crippen LogP) is 5.29. The molecule has 2 fully saturated rings. The largest absolute Gasteiger partial charge is 0.369 e. The van der Waals surface area contributed by atoms with Crippen LogP contribution < -0.4 is 20.0 Å². The number of piperazine rings is 2. The number of nitrogens with zero attached hydrogens (tertiary/aromatic N) is 7. The van der Waals surface area contributed by atoms with Crippen LogP contribution in [0, 0.1) is 3.57 Å². The van der Waals surface area contributed by atoms with Crippen molar-refractivity contribution in [1.29, 1.82) is 0 Å². The minimum atomic E-state index is 0.577. The van der Waals surface area contributed by atoms with Crippen molar-refractivity contribution in [3.8, 4) is 0 Å². The second kappa shape index (κ2) is 15.8. The van der Waals surface area contributed by atoms with Crippen LogP contribution in [0.4, 0.5) is 17.1 Å². The second-order valence-corrected chi connectivity index (χ2v) is 10.6. The van der Waals surface area contributed by atoms with Crippen LogP contribution in [-0.2, 0) is 0 Å². The van der Waals surface area contributed by atoms with Gasteiger partial charge in [0.1, 0.15) is 5.15 Å². The lowest BCUT2D eigenvalue weighted by molar-refractivity contribution is 0.589. The standard InChI is InChI=1S/C14H15ClN4.C9H13N3.C5H3ClIN/c15-14-13(2-1-5-17-14)19-10-8-18(9-11-19)12-3-6-16-7-4-12;1-3-10-4-2-9(1)12-7-5-11-6-8-12;6-5-4(7)2-1-3-8-5/h1-7H,8-11H2;1-4,11H,5-8H2;1-3H. The SMILES string of the molecule is Clc1ncccc1I.Clc1ncccc1N1CCN(c2ccncc2)CC1.c1cc(N2CCNCC2)ccn1. The molecule has 204 valence electrons. The van der Waals surface area contributed by atoms with Crippen molar-refractivity contribution >= 4 is 62.9 Å². The summed E-state index contributed by atoms with van der Waals surface area (Å²) in [4.78, 5) is 23.0. The second-order valence-electron chi connectivity index (χ2n) is 8.71. The first kappa shape index (κ1) is 29.3. The molecule has 2 saturated heterocycles. The molecule has 1 N–H and O–H groups in total. The summed E-state index contributed by atoms with van der Waals surface area (Å²) >= 11 is 13.9. The number of hydrogen-bond donors (Lipinski definition) is 1. The van der Waals surface area contributed by atoms with Crippen LogP contribution in [0.5, 0.6) is 0 Å². The Bertz CT molecular complexity index is 1230. The minimum absolute atomic E-state index is 0.577. The molecule has 4 aromatic rings. The summed E-state index contributed by atoms with van der Waals surface area (Å²) in [6.07, 6.45) is 10.7. The van der Waals surface area contributed by atoms with Gasteiger partial charge in [0.15, 0.2) is 5.15 Å². The van der Waals surface area contributed by atoms with Gasteiger partial charge in [-0.3, -0.25) is 9.97 Å². The molecule has 0 radical (unpaired) electrons. The fourth-order valence-corrected chi connectivity index (χ4v) is 4.92. The highest BCUT2D eigenvalue weighted by atomic mass is 127. The first-order chi connectivity index (χ1) is 19.1. The van der Waals surface area contributed by atoms with Gasteiger partial charge in [0.05, 0.1) is 9.26 Å². The topological polar surface area (TPSA) is 73.3 Å². The third-order valence-corrected chi connectivity index (χ3v) is 8.03. The quantitative estimate of drug-likeness (QED) is 0.232. The highest BCUT2D eigenvalue weighted by Crippen LogP contribution is 2.25. The molecule has 0 saturated carbocycles. The van der Waals surface area contributed by atoms with E-state index >= 15 is 0 Å². The van der Waals surface area contributed by atoms with E-state index in [2.05, 4.69) is 74.7 Å². The van der Waals surface area contributed by atoms with E-state index in [0.717, 1.165) is 61.6 Å². The van der Waals surface area contributed by atoms with Gasteiger partial charge in [-0.1, -0.05) is 23.2 Å². The molecule has 11 heteroatoms. The van der Waals surface area contributed by atoms with Gasteiger partial charge in [0, 0.05) is 101 Å². The van der Waals surface area contributed by atoms with Gasteiger partial charge in [-0.25, -0.2) is 9.97 Å². The minimum Gasteiger partial charge on any atom is -0.369 e. The Balaban J connectivity index is 0.000000150. The molecule has 2 aliphatic rings. The number of pyridine rings is 4. The maximum atomic E-state index is 6.14. The average molecular weight is 677 g/mol. The zero-order valence-electron chi connectivity index (χ0n) is 21.5. The Hall–Kier alpha value is -2.73. The molecule has 39 heavy (non-hydrogen) atoms. The number of aromatic nitrogens is 4. The maximum Gasteiger partial charge on any atom is 0.152 e. The number of hydrogen-bond acceptors (Lipinski definition) is 8. The summed E-state index contributed by atoms with van der Waals surface area (Å²) in [6, 6.07) is 15.9. The highest BCUT2D eigenvalue weighted by Gasteiger charge is 2.19. The van der Waals surface area contributed by atoms with Gasteiger partial charge < -0.3 is 20.0 Å². The van der Waals surface area contributed by atoms with Crippen molar-refractivity contribution in [2.24, 2.45) is 0 Å². The molecule has 0 atom stereocenters. The molecule has 0 amide bonds. The molecule has 6 rings (SSSR count). The van der Waals surface area contributed by atoms with Gasteiger partial charge in [-0.15, -0.1) is 0 Å². The molecule has 0 aromatic carbocycles. The number of anilines is 3. The fourth-order valence-electron chi connectivity index (χ4n) is 4.22. The van der Waals surface area contributed by atoms with E-state index in [4.69, 9.17) is 23.2 Å². The third kappa shape index (κ3) is 9.16. The lowest BCUT2D eigenvalue weighted by atomic mass is 10.2. The summed E-state index contributed by atoms with van der Waals surface area (Å²) < 4.78 is 0.992. The van der Waals surface area contributed by atoms with Crippen LogP contribution in [0.15, 0.2) is 85.7 Å². The van der Waals surface area contributed by atoms with E-state index in [1.807, 2.05) is 61.2 Å². The lowest BCUT2D eigenvalue weighted by Crippen LogP contribution is -2.46. The molecule has 0 unspecified atom stereocenters. The maximum absolute atomic E-state index is 6.14. The van der Waals surface area contributed by atoms with Crippen LogP contribution in [-0.4, -0.2) is 72.3 Å². The number of nitrogens with one attached hydrogen (secondary N) is 1. The Morgan fingerprint density at radius 3 is 1.56 bits per heavy atom. The monoisotopic (exact) mass is 676 g/mol. The van der Waals surface area contributed by atoms with Crippen molar-refractivity contribution < 1.29 is 0 Å². The normalized spacial score (nSPS) is 15.0. The van der Waals surface area contributed by atoms with Crippen LogP contribution >= 0.6 is 45.8 Å². The molecule has 6 heterocycles. The van der Waals surface area contributed by atoms with E-state index in [-0.39, 0.29) is 0 Å². The zero-order chi connectivity index (χ0) is 27.3. The first-order valence-corrected chi connectivity index (χ1v) is 14.6. The van der Waals surface area contributed by atoms with Crippen LogP contribution in [0.2, 0.25) is 10.3 Å². The lowest BCUT2D eigenvalue weighted by Gasteiger charge is -2.37. The summed E-state index contributed by atoms with van der Waals surface area (Å²) in [6.45, 7) is 8.24. The van der Waals surface area contributed by atoms with Gasteiger partial charge >= 0.3 is 0 Å². The summed E-state index contributed by atoms with van der Waals surface area (Å²) in [5.74, 6) is 0. The Kier molecular flexibility index (Phi) is 11.8. The Morgan fingerprint density at radius 1 is 0.590 bits per heavy atom. The average Bonchev–Trinajstić information content (AvgIpc) is 3.01. The van der Waals surface area contributed by atoms with E-state index in [1.165, 1.54) is 11.4 Å². The molecule has 0 spiro atoms. The summed E-state index contributed by atoms with van der Waals surface area (Å²) in [5.41, 5.74) is 3.54. The van der Waals surface area contributed by atoms with E-state index in [0.29, 0.717) is 10.3 Å². The van der Waals surface area contributed by atoms with Gasteiger partial charge in [0.2, 0.25) is 0 Å². The van der Waals surface area contributed by atoms with Crippen LogP contribution in [0.25, 0.3) is 0 Å². The van der Waals surface area contributed by atoms with Gasteiger partial charge in [0.25, 0.3) is 0 Å². The third-order valence-electron chi connectivity index (χ3n) is 6.25. The van der Waals surface area contributed by atoms with Crippen molar-refractivity contribution in [2.45, 2.75) is 0 Å². The molecule has 2 aliphatic heterocycles. The van der Waals surface area contributed by atoms with E-state index in [1.54, 1.807) is 12.4 Å². The van der Waals surface area contributed by atoms with Crippen molar-refractivity contribution in [1.82, 2.24) is 25.3 Å². The molecule has 0 aliphatic carbocycles. The molecule has 4 aromatic heterocycles.